The summed E-state index contributed by atoms with van der Waals surface area (Å²) in [4.78, 5) is 16.7. The summed E-state index contributed by atoms with van der Waals surface area (Å²) in [7, 11) is 0. The lowest BCUT2D eigenvalue weighted by molar-refractivity contribution is 0.101. The number of hydrogen-bond acceptors (Lipinski definition) is 2. The third-order valence-electron chi connectivity index (χ3n) is 4.08. The molecule has 0 bridgehead atoms. The lowest BCUT2D eigenvalue weighted by atomic mass is 10.0. The van der Waals surface area contributed by atoms with Crippen molar-refractivity contribution in [1.29, 1.82) is 0 Å². The molecule has 0 fully saturated rings. The van der Waals surface area contributed by atoms with Gasteiger partial charge in [0.05, 0.1) is 5.69 Å². The lowest BCUT2D eigenvalue weighted by Gasteiger charge is -2.09. The minimum atomic E-state index is 0.0595. The first-order valence-corrected chi connectivity index (χ1v) is 7.72. The molecular formula is C21H19NO. The Kier molecular flexibility index (Phi) is 4.07. The first kappa shape index (κ1) is 15.2. The van der Waals surface area contributed by atoms with Crippen molar-refractivity contribution in [2.45, 2.75) is 20.8 Å². The number of aliphatic imine (C=N–C) groups is 1. The molecule has 23 heavy (non-hydrogen) atoms. The predicted octanol–water partition coefficient (Wildman–Crippen LogP) is 5.49. The van der Waals surface area contributed by atoms with Crippen LogP contribution in [0, 0.1) is 6.92 Å². The molecule has 0 aliphatic carbocycles. The highest BCUT2D eigenvalue weighted by Crippen LogP contribution is 2.29. The summed E-state index contributed by atoms with van der Waals surface area (Å²) in [5, 5.41) is 2.34. The molecule has 0 aliphatic rings. The lowest BCUT2D eigenvalue weighted by Crippen LogP contribution is -2.04. The van der Waals surface area contributed by atoms with Crippen LogP contribution in [0.25, 0.3) is 10.8 Å². The van der Waals surface area contributed by atoms with Gasteiger partial charge in [-0.15, -0.1) is 0 Å². The number of aryl methyl sites for hydroxylation is 1. The molecule has 0 saturated carbocycles. The number of nitrogens with zero attached hydrogens (tertiary/aromatic N) is 1. The van der Waals surface area contributed by atoms with Crippen molar-refractivity contribution in [3.63, 3.8) is 0 Å². The summed E-state index contributed by atoms with van der Waals surface area (Å²) >= 11 is 0. The second-order valence-corrected chi connectivity index (χ2v) is 5.75. The first-order valence-electron chi connectivity index (χ1n) is 7.72. The molecule has 3 aromatic carbocycles. The predicted molar refractivity (Wildman–Crippen MR) is 97.0 cm³/mol. The molecule has 0 aromatic heterocycles. The number of ketones is 1. The van der Waals surface area contributed by atoms with E-state index in [9.17, 15) is 4.79 Å². The van der Waals surface area contributed by atoms with Crippen LogP contribution >= 0.6 is 0 Å². The van der Waals surface area contributed by atoms with Crippen molar-refractivity contribution in [3.05, 3.63) is 77.4 Å². The van der Waals surface area contributed by atoms with E-state index in [0.29, 0.717) is 5.56 Å². The summed E-state index contributed by atoms with van der Waals surface area (Å²) in [5.41, 5.74) is 4.61. The molecule has 3 aromatic rings. The Hall–Kier alpha value is -2.74. The fourth-order valence-electron chi connectivity index (χ4n) is 2.95. The second kappa shape index (κ2) is 6.17. The molecule has 0 N–H and O–H groups in total. The van der Waals surface area contributed by atoms with Crippen molar-refractivity contribution in [3.8, 4) is 0 Å². The minimum absolute atomic E-state index is 0.0595. The summed E-state index contributed by atoms with van der Waals surface area (Å²) in [5.74, 6) is 0.0595. The molecule has 2 nitrogen and oxygen atoms in total. The van der Waals surface area contributed by atoms with Gasteiger partial charge in [0.2, 0.25) is 0 Å². The van der Waals surface area contributed by atoms with Crippen LogP contribution in [0.3, 0.4) is 0 Å². The normalized spacial score (nSPS) is 11.7. The summed E-state index contributed by atoms with van der Waals surface area (Å²) in [6.45, 7) is 5.65. The van der Waals surface area contributed by atoms with Crippen LogP contribution in [-0.4, -0.2) is 11.5 Å². The van der Waals surface area contributed by atoms with Gasteiger partial charge >= 0.3 is 0 Å². The van der Waals surface area contributed by atoms with Crippen LogP contribution in [0.2, 0.25) is 0 Å². The number of Topliss-reactive ketones (excluding diaryl/α,β-unsaturated/α-hetero) is 1. The first-order chi connectivity index (χ1) is 11.1. The molecule has 0 spiro atoms. The quantitative estimate of drug-likeness (QED) is 0.464. The van der Waals surface area contributed by atoms with Crippen molar-refractivity contribution in [2.24, 2.45) is 4.99 Å². The van der Waals surface area contributed by atoms with Crippen LogP contribution in [0.5, 0.6) is 0 Å². The van der Waals surface area contributed by atoms with Gasteiger partial charge in [-0.3, -0.25) is 9.79 Å². The molecule has 0 aliphatic heterocycles. The molecule has 0 atom stereocenters. The zero-order valence-electron chi connectivity index (χ0n) is 13.6. The van der Waals surface area contributed by atoms with E-state index in [-0.39, 0.29) is 5.78 Å². The maximum Gasteiger partial charge on any atom is 0.160 e. The van der Waals surface area contributed by atoms with Gasteiger partial charge in [0.15, 0.2) is 5.78 Å². The Labute approximate surface area is 136 Å². The summed E-state index contributed by atoms with van der Waals surface area (Å²) < 4.78 is 0. The topological polar surface area (TPSA) is 29.4 Å². The summed E-state index contributed by atoms with van der Waals surface area (Å²) in [6, 6.07) is 20.0. The van der Waals surface area contributed by atoms with Gasteiger partial charge in [0, 0.05) is 22.2 Å². The fourth-order valence-corrected chi connectivity index (χ4v) is 2.95. The number of benzene rings is 3. The van der Waals surface area contributed by atoms with Gasteiger partial charge in [-0.1, -0.05) is 54.6 Å². The molecule has 0 radical (unpaired) electrons. The van der Waals surface area contributed by atoms with Crippen LogP contribution in [0.15, 0.2) is 65.7 Å². The average Bonchev–Trinajstić information content (AvgIpc) is 2.55. The number of carbonyl (C=O) groups excluding carboxylic acids is 1. The third-order valence-corrected chi connectivity index (χ3v) is 4.08. The minimum Gasteiger partial charge on any atom is -0.294 e. The maximum atomic E-state index is 11.8. The summed E-state index contributed by atoms with van der Waals surface area (Å²) in [6.07, 6.45) is 0. The Morgan fingerprint density at radius 1 is 0.826 bits per heavy atom. The van der Waals surface area contributed by atoms with Gasteiger partial charge in [-0.05, 0) is 37.8 Å². The number of fused-ring (bicyclic) bond motifs is 1. The largest absolute Gasteiger partial charge is 0.294 e. The van der Waals surface area contributed by atoms with Gasteiger partial charge in [0.1, 0.15) is 0 Å². The highest BCUT2D eigenvalue weighted by molar-refractivity contribution is 6.11. The number of rotatable bonds is 3. The number of carbonyl (C=O) groups is 1. The SMILES string of the molecule is CC(=O)c1ccccc1/C(C)=N/c1cccc2cccc(C)c12. The van der Waals surface area contributed by atoms with Gasteiger partial charge < -0.3 is 0 Å². The average molecular weight is 301 g/mol. The molecule has 0 amide bonds. The molecular weight excluding hydrogens is 282 g/mol. The van der Waals surface area contributed by atoms with Gasteiger partial charge in [-0.25, -0.2) is 0 Å². The molecule has 114 valence electrons. The monoisotopic (exact) mass is 301 g/mol. The van der Waals surface area contributed by atoms with E-state index >= 15 is 0 Å². The Bertz CT molecular complexity index is 917. The van der Waals surface area contributed by atoms with Gasteiger partial charge in [0.25, 0.3) is 0 Å². The van der Waals surface area contributed by atoms with Crippen molar-refractivity contribution in [1.82, 2.24) is 0 Å². The Morgan fingerprint density at radius 2 is 1.48 bits per heavy atom. The van der Waals surface area contributed by atoms with Crippen LogP contribution in [0.4, 0.5) is 5.69 Å². The molecule has 2 heteroatoms. The molecule has 0 heterocycles. The van der Waals surface area contributed by atoms with E-state index < -0.39 is 0 Å². The number of hydrogen-bond donors (Lipinski definition) is 0. The van der Waals surface area contributed by atoms with Crippen LogP contribution in [-0.2, 0) is 0 Å². The molecule has 0 saturated heterocycles. The van der Waals surface area contributed by atoms with E-state index in [1.807, 2.05) is 43.3 Å². The van der Waals surface area contributed by atoms with Gasteiger partial charge in [-0.2, -0.15) is 0 Å². The highest BCUT2D eigenvalue weighted by atomic mass is 16.1. The zero-order valence-corrected chi connectivity index (χ0v) is 13.6. The second-order valence-electron chi connectivity index (χ2n) is 5.75. The maximum absolute atomic E-state index is 11.8. The Morgan fingerprint density at radius 3 is 2.17 bits per heavy atom. The highest BCUT2D eigenvalue weighted by Gasteiger charge is 2.10. The standard InChI is InChI=1S/C21H19NO/c1-14-8-6-9-17-10-7-13-20(21(14)17)22-15(2)18-11-4-5-12-19(18)16(3)23/h4-13H,1-3H3/b22-15+. The van der Waals surface area contributed by atoms with Crippen LogP contribution < -0.4 is 0 Å². The zero-order chi connectivity index (χ0) is 16.4. The van der Waals surface area contributed by atoms with E-state index in [1.54, 1.807) is 6.92 Å². The van der Waals surface area contributed by atoms with E-state index in [2.05, 4.69) is 31.2 Å². The van der Waals surface area contributed by atoms with E-state index in [0.717, 1.165) is 22.3 Å². The third kappa shape index (κ3) is 2.93. The smallest absolute Gasteiger partial charge is 0.160 e. The Balaban J connectivity index is 2.18. The van der Waals surface area contributed by atoms with E-state index in [4.69, 9.17) is 4.99 Å². The van der Waals surface area contributed by atoms with Crippen molar-refractivity contribution < 1.29 is 4.79 Å². The molecule has 3 rings (SSSR count). The van der Waals surface area contributed by atoms with Crippen molar-refractivity contribution >= 4 is 28.0 Å². The van der Waals surface area contributed by atoms with E-state index in [1.165, 1.54) is 10.9 Å². The molecule has 0 unspecified atom stereocenters. The van der Waals surface area contributed by atoms with Crippen molar-refractivity contribution in [2.75, 3.05) is 0 Å². The fraction of sp³-hybridized carbons (Fsp3) is 0.143. The van der Waals surface area contributed by atoms with Crippen LogP contribution in [0.1, 0.15) is 35.3 Å².